The van der Waals surface area contributed by atoms with E-state index >= 15 is 0 Å². The SMILES string of the molecule is CNCc1nn(-c2cccc(C)c2)cc1Cl. The van der Waals surface area contributed by atoms with Gasteiger partial charge < -0.3 is 5.32 Å². The second-order valence-corrected chi connectivity index (χ2v) is 4.14. The molecule has 0 bridgehead atoms. The highest BCUT2D eigenvalue weighted by molar-refractivity contribution is 6.31. The predicted octanol–water partition coefficient (Wildman–Crippen LogP) is 2.55. The van der Waals surface area contributed by atoms with Crippen molar-refractivity contribution in [3.05, 3.63) is 46.7 Å². The van der Waals surface area contributed by atoms with E-state index in [4.69, 9.17) is 11.6 Å². The minimum absolute atomic E-state index is 0.678. The van der Waals surface area contributed by atoms with Crippen molar-refractivity contribution in [3.63, 3.8) is 0 Å². The highest BCUT2D eigenvalue weighted by Gasteiger charge is 2.06. The molecule has 0 aliphatic heterocycles. The lowest BCUT2D eigenvalue weighted by Crippen LogP contribution is -2.06. The fourth-order valence-electron chi connectivity index (χ4n) is 1.58. The molecule has 0 unspecified atom stereocenters. The molecule has 0 saturated heterocycles. The number of benzene rings is 1. The van der Waals surface area contributed by atoms with E-state index in [1.807, 2.05) is 30.1 Å². The summed E-state index contributed by atoms with van der Waals surface area (Å²) in [6.07, 6.45) is 1.84. The molecule has 4 heteroatoms. The second kappa shape index (κ2) is 4.68. The first-order valence-corrected chi connectivity index (χ1v) is 5.54. The largest absolute Gasteiger partial charge is 0.314 e. The molecule has 0 aliphatic carbocycles. The van der Waals surface area contributed by atoms with Crippen LogP contribution in [0.3, 0.4) is 0 Å². The van der Waals surface area contributed by atoms with E-state index < -0.39 is 0 Å². The van der Waals surface area contributed by atoms with Gasteiger partial charge in [-0.05, 0) is 31.7 Å². The maximum absolute atomic E-state index is 6.09. The first-order valence-electron chi connectivity index (χ1n) is 5.16. The Balaban J connectivity index is 2.37. The van der Waals surface area contributed by atoms with Gasteiger partial charge in [0.05, 0.1) is 16.4 Å². The van der Waals surface area contributed by atoms with Gasteiger partial charge in [-0.25, -0.2) is 4.68 Å². The standard InChI is InChI=1S/C12H14ClN3/c1-9-4-3-5-10(6-9)16-8-11(13)12(15-16)7-14-2/h3-6,8,14H,7H2,1-2H3. The van der Waals surface area contributed by atoms with Crippen LogP contribution in [0.2, 0.25) is 5.02 Å². The average Bonchev–Trinajstić information content (AvgIpc) is 2.61. The van der Waals surface area contributed by atoms with Gasteiger partial charge in [-0.3, -0.25) is 0 Å². The Kier molecular flexibility index (Phi) is 3.27. The van der Waals surface area contributed by atoms with Crippen LogP contribution in [0, 0.1) is 6.92 Å². The summed E-state index contributed by atoms with van der Waals surface area (Å²) in [4.78, 5) is 0. The first-order chi connectivity index (χ1) is 7.70. The molecular formula is C12H14ClN3. The molecule has 0 amide bonds. The fourth-order valence-corrected chi connectivity index (χ4v) is 1.78. The van der Waals surface area contributed by atoms with Crippen molar-refractivity contribution in [3.8, 4) is 5.69 Å². The predicted molar refractivity (Wildman–Crippen MR) is 66.1 cm³/mol. The van der Waals surface area contributed by atoms with Crippen molar-refractivity contribution in [1.29, 1.82) is 0 Å². The van der Waals surface area contributed by atoms with Gasteiger partial charge in [0, 0.05) is 12.7 Å². The molecule has 1 aromatic carbocycles. The van der Waals surface area contributed by atoms with E-state index in [1.54, 1.807) is 0 Å². The third-order valence-corrected chi connectivity index (χ3v) is 2.67. The minimum atomic E-state index is 0.678. The van der Waals surface area contributed by atoms with Crippen LogP contribution in [0.25, 0.3) is 5.69 Å². The molecule has 84 valence electrons. The Bertz CT molecular complexity index is 491. The molecule has 0 radical (unpaired) electrons. The van der Waals surface area contributed by atoms with Crippen molar-refractivity contribution in [2.45, 2.75) is 13.5 Å². The fraction of sp³-hybridized carbons (Fsp3) is 0.250. The summed E-state index contributed by atoms with van der Waals surface area (Å²) in [6.45, 7) is 2.74. The van der Waals surface area contributed by atoms with Crippen LogP contribution in [-0.2, 0) is 6.54 Å². The van der Waals surface area contributed by atoms with E-state index in [-0.39, 0.29) is 0 Å². The molecule has 1 aromatic heterocycles. The highest BCUT2D eigenvalue weighted by Crippen LogP contribution is 2.17. The van der Waals surface area contributed by atoms with E-state index in [0.29, 0.717) is 11.6 Å². The van der Waals surface area contributed by atoms with Gasteiger partial charge in [0.1, 0.15) is 0 Å². The van der Waals surface area contributed by atoms with Crippen molar-refractivity contribution < 1.29 is 0 Å². The van der Waals surface area contributed by atoms with Crippen molar-refractivity contribution >= 4 is 11.6 Å². The normalized spacial score (nSPS) is 10.7. The molecule has 2 rings (SSSR count). The Hall–Kier alpha value is -1.32. The van der Waals surface area contributed by atoms with Crippen LogP contribution in [0.5, 0.6) is 0 Å². The van der Waals surface area contributed by atoms with Crippen LogP contribution in [0.15, 0.2) is 30.5 Å². The number of rotatable bonds is 3. The quantitative estimate of drug-likeness (QED) is 0.886. The second-order valence-electron chi connectivity index (χ2n) is 3.74. The molecule has 0 aliphatic rings. The third-order valence-electron chi connectivity index (χ3n) is 2.35. The van der Waals surface area contributed by atoms with E-state index in [2.05, 4.69) is 29.5 Å². The number of nitrogens with zero attached hydrogens (tertiary/aromatic N) is 2. The summed E-state index contributed by atoms with van der Waals surface area (Å²) in [6, 6.07) is 8.16. The van der Waals surface area contributed by atoms with Gasteiger partial charge in [0.15, 0.2) is 0 Å². The Labute approximate surface area is 100 Å². The third kappa shape index (κ3) is 2.26. The molecule has 3 nitrogen and oxygen atoms in total. The molecule has 1 heterocycles. The zero-order valence-electron chi connectivity index (χ0n) is 9.37. The number of hydrogen-bond acceptors (Lipinski definition) is 2. The van der Waals surface area contributed by atoms with Gasteiger partial charge in [-0.1, -0.05) is 23.7 Å². The van der Waals surface area contributed by atoms with Gasteiger partial charge in [-0.15, -0.1) is 0 Å². The van der Waals surface area contributed by atoms with Crippen molar-refractivity contribution in [1.82, 2.24) is 15.1 Å². The summed E-state index contributed by atoms with van der Waals surface area (Å²) >= 11 is 6.09. The summed E-state index contributed by atoms with van der Waals surface area (Å²) in [5, 5.41) is 8.16. The van der Waals surface area contributed by atoms with Crippen LogP contribution in [-0.4, -0.2) is 16.8 Å². The first kappa shape index (κ1) is 11.2. The highest BCUT2D eigenvalue weighted by atomic mass is 35.5. The molecule has 2 aromatic rings. The molecule has 0 fully saturated rings. The lowest BCUT2D eigenvalue weighted by atomic mass is 10.2. The summed E-state index contributed by atoms with van der Waals surface area (Å²) in [5.74, 6) is 0. The maximum atomic E-state index is 6.09. The molecular weight excluding hydrogens is 222 g/mol. The molecule has 0 atom stereocenters. The van der Waals surface area contributed by atoms with Crippen LogP contribution >= 0.6 is 11.6 Å². The molecule has 0 saturated carbocycles. The van der Waals surface area contributed by atoms with Crippen LogP contribution in [0.4, 0.5) is 0 Å². The molecule has 0 spiro atoms. The summed E-state index contributed by atoms with van der Waals surface area (Å²) in [5.41, 5.74) is 3.11. The van der Waals surface area contributed by atoms with Gasteiger partial charge in [0.2, 0.25) is 0 Å². The van der Waals surface area contributed by atoms with Crippen molar-refractivity contribution in [2.75, 3.05) is 7.05 Å². The monoisotopic (exact) mass is 235 g/mol. The Morgan fingerprint density at radius 1 is 1.44 bits per heavy atom. The van der Waals surface area contributed by atoms with E-state index in [9.17, 15) is 0 Å². The van der Waals surface area contributed by atoms with E-state index in [1.165, 1.54) is 5.56 Å². The lowest BCUT2D eigenvalue weighted by Gasteiger charge is -2.01. The van der Waals surface area contributed by atoms with Gasteiger partial charge in [0.25, 0.3) is 0 Å². The smallest absolute Gasteiger partial charge is 0.0952 e. The lowest BCUT2D eigenvalue weighted by molar-refractivity contribution is 0.757. The number of halogens is 1. The topological polar surface area (TPSA) is 29.9 Å². The van der Waals surface area contributed by atoms with Gasteiger partial charge in [-0.2, -0.15) is 5.10 Å². The molecule has 16 heavy (non-hydrogen) atoms. The Morgan fingerprint density at radius 2 is 2.25 bits per heavy atom. The summed E-state index contributed by atoms with van der Waals surface area (Å²) in [7, 11) is 1.88. The van der Waals surface area contributed by atoms with E-state index in [0.717, 1.165) is 11.4 Å². The summed E-state index contributed by atoms with van der Waals surface area (Å²) < 4.78 is 1.81. The number of aromatic nitrogens is 2. The van der Waals surface area contributed by atoms with Crippen LogP contribution < -0.4 is 5.32 Å². The minimum Gasteiger partial charge on any atom is -0.314 e. The number of aryl methyl sites for hydroxylation is 1. The maximum Gasteiger partial charge on any atom is 0.0952 e. The number of nitrogens with one attached hydrogen (secondary N) is 1. The Morgan fingerprint density at radius 3 is 2.94 bits per heavy atom. The van der Waals surface area contributed by atoms with Crippen molar-refractivity contribution in [2.24, 2.45) is 0 Å². The molecule has 1 N–H and O–H groups in total. The number of hydrogen-bond donors (Lipinski definition) is 1. The van der Waals surface area contributed by atoms with Gasteiger partial charge >= 0.3 is 0 Å². The average molecular weight is 236 g/mol. The zero-order valence-corrected chi connectivity index (χ0v) is 10.1. The zero-order chi connectivity index (χ0) is 11.5. The van der Waals surface area contributed by atoms with Crippen LogP contribution in [0.1, 0.15) is 11.3 Å².